The summed E-state index contributed by atoms with van der Waals surface area (Å²) in [7, 11) is 0. The smallest absolute Gasteiger partial charge is 0.421 e. The van der Waals surface area contributed by atoms with Crippen LogP contribution in [0, 0.1) is 12.7 Å². The molecule has 2 aromatic carbocycles. The molecule has 0 bridgehead atoms. The van der Waals surface area contributed by atoms with E-state index in [2.05, 4.69) is 6.72 Å². The number of thiophene rings is 1. The van der Waals surface area contributed by atoms with Crippen LogP contribution >= 0.6 is 11.3 Å². The lowest BCUT2D eigenvalue weighted by atomic mass is 10.1. The Kier molecular flexibility index (Phi) is 6.34. The van der Waals surface area contributed by atoms with E-state index in [0.717, 1.165) is 15.0 Å². The fourth-order valence-electron chi connectivity index (χ4n) is 3.97. The van der Waals surface area contributed by atoms with Gasteiger partial charge >= 0.3 is 5.91 Å². The number of hydrogen-bond donors (Lipinski definition) is 1. The normalized spacial score (nSPS) is 16.0. The van der Waals surface area contributed by atoms with Gasteiger partial charge in [0.1, 0.15) is 30.5 Å². The van der Waals surface area contributed by atoms with Crippen LogP contribution in [0.3, 0.4) is 0 Å². The van der Waals surface area contributed by atoms with Crippen LogP contribution in [0.4, 0.5) is 4.39 Å². The summed E-state index contributed by atoms with van der Waals surface area (Å²) in [6.07, 6.45) is 0.478. The number of benzene rings is 2. The zero-order valence-electron chi connectivity index (χ0n) is 17.7. The minimum atomic E-state index is -0.649. The average molecular weight is 456 g/mol. The molecule has 8 heteroatoms. The van der Waals surface area contributed by atoms with Gasteiger partial charge in [-0.05, 0) is 31.2 Å². The van der Waals surface area contributed by atoms with E-state index in [1.54, 1.807) is 35.2 Å². The number of halogens is 1. The summed E-state index contributed by atoms with van der Waals surface area (Å²) in [6, 6.07) is 11.2. The van der Waals surface area contributed by atoms with Crippen molar-refractivity contribution < 1.29 is 28.4 Å². The average Bonchev–Trinajstić information content (AvgIpc) is 3.31. The third-order valence-electron chi connectivity index (χ3n) is 5.68. The van der Waals surface area contributed by atoms with Gasteiger partial charge in [0.2, 0.25) is 6.04 Å². The second-order valence-electron chi connectivity index (χ2n) is 7.70. The Labute approximate surface area is 189 Å². The van der Waals surface area contributed by atoms with Crippen LogP contribution in [0.1, 0.15) is 27.2 Å². The van der Waals surface area contributed by atoms with Crippen molar-refractivity contribution in [1.29, 1.82) is 0 Å². The van der Waals surface area contributed by atoms with Gasteiger partial charge in [-0.25, -0.2) is 9.18 Å². The molecule has 1 atom stereocenters. The molecule has 1 saturated heterocycles. The number of ether oxygens (including phenoxy) is 1. The number of nitrogens with zero attached hydrogens (tertiary/aromatic N) is 2. The van der Waals surface area contributed by atoms with E-state index in [9.17, 15) is 14.0 Å². The molecular weight excluding hydrogens is 431 g/mol. The zero-order valence-corrected chi connectivity index (χ0v) is 18.5. The summed E-state index contributed by atoms with van der Waals surface area (Å²) >= 11 is 1.48. The number of aliphatic hydroxyl groups excluding tert-OH is 1. The zero-order chi connectivity index (χ0) is 22.8. The second-order valence-corrected chi connectivity index (χ2v) is 8.96. The van der Waals surface area contributed by atoms with Gasteiger partial charge in [-0.15, -0.1) is 11.3 Å². The molecule has 32 heavy (non-hydrogen) atoms. The lowest BCUT2D eigenvalue weighted by Gasteiger charge is -2.13. The highest BCUT2D eigenvalue weighted by atomic mass is 32.1. The number of β-amino-alcohol motifs (C(OH)–C–C–N with tert-alkyl or cyclic N) is 1. The van der Waals surface area contributed by atoms with Gasteiger partial charge in [0, 0.05) is 40.0 Å². The Morgan fingerprint density at radius 1 is 1.34 bits per heavy atom. The third-order valence-corrected chi connectivity index (χ3v) is 6.76. The molecule has 3 aromatic rings. The van der Waals surface area contributed by atoms with Crippen molar-refractivity contribution in [2.45, 2.75) is 26.0 Å². The molecule has 1 N–H and O–H groups in total. The Hall–Kier alpha value is -3.10. The molecule has 4 rings (SSSR count). The first-order valence-electron chi connectivity index (χ1n) is 10.3. The van der Waals surface area contributed by atoms with Gasteiger partial charge in [-0.1, -0.05) is 18.2 Å². The topological polar surface area (TPSA) is 69.8 Å². The van der Waals surface area contributed by atoms with Gasteiger partial charge in [0.15, 0.2) is 0 Å². The lowest BCUT2D eigenvalue weighted by Crippen LogP contribution is -2.39. The Balaban J connectivity index is 1.58. The van der Waals surface area contributed by atoms with Crippen molar-refractivity contribution in [3.63, 3.8) is 0 Å². The van der Waals surface area contributed by atoms with E-state index in [1.165, 1.54) is 22.0 Å². The molecular formula is C24H24FN2O4S+. The highest BCUT2D eigenvalue weighted by molar-refractivity contribution is 7.19. The molecule has 166 valence electrons. The molecule has 0 radical (unpaired) electrons. The quantitative estimate of drug-likeness (QED) is 0.438. The molecule has 1 aromatic heterocycles. The minimum Gasteiger partial charge on any atom is -0.489 e. The Morgan fingerprint density at radius 2 is 2.12 bits per heavy atom. The molecule has 2 amide bonds. The number of amides is 2. The number of fused-ring (bicyclic) bond motifs is 1. The van der Waals surface area contributed by atoms with Crippen LogP contribution < -0.4 is 4.74 Å². The Bertz CT molecular complexity index is 1210. The first-order chi connectivity index (χ1) is 15.4. The van der Waals surface area contributed by atoms with Gasteiger partial charge in [-0.2, -0.15) is 4.58 Å². The van der Waals surface area contributed by atoms with E-state index in [1.807, 2.05) is 13.0 Å². The maximum Gasteiger partial charge on any atom is 0.421 e. The highest BCUT2D eigenvalue weighted by Crippen LogP contribution is 2.34. The summed E-state index contributed by atoms with van der Waals surface area (Å²) < 4.78 is 21.8. The second kappa shape index (κ2) is 9.18. The summed E-state index contributed by atoms with van der Waals surface area (Å²) in [5, 5.41) is 9.84. The maximum atomic E-state index is 13.9. The van der Waals surface area contributed by atoms with E-state index < -0.39 is 6.04 Å². The van der Waals surface area contributed by atoms with Crippen LogP contribution in [0.15, 0.2) is 42.5 Å². The molecule has 1 fully saturated rings. The Morgan fingerprint density at radius 3 is 2.88 bits per heavy atom. The number of rotatable bonds is 7. The van der Waals surface area contributed by atoms with E-state index in [0.29, 0.717) is 29.8 Å². The first-order valence-corrected chi connectivity index (χ1v) is 11.2. The van der Waals surface area contributed by atoms with E-state index in [-0.39, 0.29) is 37.4 Å². The van der Waals surface area contributed by atoms with Crippen LogP contribution in [-0.4, -0.2) is 58.9 Å². The number of likely N-dealkylation sites (tertiary alicyclic amines) is 1. The molecule has 0 spiro atoms. The molecule has 0 unspecified atom stereocenters. The van der Waals surface area contributed by atoms with Gasteiger partial charge in [-0.3, -0.25) is 4.79 Å². The number of aliphatic hydroxyl groups is 1. The van der Waals surface area contributed by atoms with Crippen molar-refractivity contribution in [2.75, 3.05) is 19.7 Å². The third kappa shape index (κ3) is 4.16. The van der Waals surface area contributed by atoms with Crippen LogP contribution in [0.5, 0.6) is 5.75 Å². The van der Waals surface area contributed by atoms with Crippen molar-refractivity contribution in [3.8, 4) is 5.75 Å². The van der Waals surface area contributed by atoms with Gasteiger partial charge in [0.25, 0.3) is 5.91 Å². The molecule has 0 saturated carbocycles. The summed E-state index contributed by atoms with van der Waals surface area (Å²) in [6.45, 7) is 6.44. The largest absolute Gasteiger partial charge is 0.489 e. The lowest BCUT2D eigenvalue weighted by molar-refractivity contribution is -0.447. The van der Waals surface area contributed by atoms with Gasteiger partial charge < -0.3 is 14.7 Å². The monoisotopic (exact) mass is 455 g/mol. The number of carbonyl (C=O) groups is 2. The summed E-state index contributed by atoms with van der Waals surface area (Å²) in [5.74, 6) is -0.341. The van der Waals surface area contributed by atoms with Crippen molar-refractivity contribution >= 4 is 40.0 Å². The number of aryl methyl sites for hydroxylation is 1. The highest BCUT2D eigenvalue weighted by Gasteiger charge is 2.42. The fourth-order valence-corrected chi connectivity index (χ4v) is 5.01. The summed E-state index contributed by atoms with van der Waals surface area (Å²) in [4.78, 5) is 28.3. The van der Waals surface area contributed by atoms with E-state index >= 15 is 0 Å². The molecule has 1 aliphatic rings. The van der Waals surface area contributed by atoms with Crippen LogP contribution in [-0.2, 0) is 11.4 Å². The number of hydrogen-bond acceptors (Lipinski definition) is 5. The predicted molar refractivity (Wildman–Crippen MR) is 121 cm³/mol. The van der Waals surface area contributed by atoms with Crippen LogP contribution in [0.25, 0.3) is 10.1 Å². The fraction of sp³-hybridized carbons (Fsp3) is 0.292. The number of carbonyl (C=O) groups excluding carboxylic acids is 2. The predicted octanol–water partition coefficient (Wildman–Crippen LogP) is 3.37. The minimum absolute atomic E-state index is 0.0727. The SMILES string of the molecule is C=[N+](C(=O)c1c(C)sc2ccc(OCc3ccccc3F)cc12)[C@H]1CCN(CCO)C1=O. The molecule has 2 heterocycles. The van der Waals surface area contributed by atoms with Crippen LogP contribution in [0.2, 0.25) is 0 Å². The standard InChI is InChI=1S/C24H24FN2O4S/c1-15-22(24(30)26(2)20-9-10-27(11-12-28)23(20)29)18-13-17(7-8-21(18)32-15)31-14-16-5-3-4-6-19(16)25/h3-8,13,20,28H,2,9-12,14H2,1H3/q+1/t20-/m0/s1. The summed E-state index contributed by atoms with van der Waals surface area (Å²) in [5.41, 5.74) is 0.936. The molecule has 1 aliphatic heterocycles. The maximum absolute atomic E-state index is 13.9. The van der Waals surface area contributed by atoms with E-state index in [4.69, 9.17) is 9.84 Å². The molecule has 0 aliphatic carbocycles. The van der Waals surface area contributed by atoms with Gasteiger partial charge in [0.05, 0.1) is 6.61 Å². The van der Waals surface area contributed by atoms with Crippen molar-refractivity contribution in [2.24, 2.45) is 0 Å². The first kappa shape index (κ1) is 22.1. The van der Waals surface area contributed by atoms with Crippen molar-refractivity contribution in [1.82, 2.24) is 4.90 Å². The molecule has 6 nitrogen and oxygen atoms in total. The van der Waals surface area contributed by atoms with Crippen molar-refractivity contribution in [3.05, 3.63) is 64.3 Å².